The topological polar surface area (TPSA) is 89.9 Å². The molecule has 2 aromatic carbocycles. The standard InChI is InChI=1S/C18H15N5O2/c1-12-19-17(21-23(12)11-13-5-3-2-4-6-13)18-20-16(22-25-18)14-7-9-15(24)10-8-14/h2-10,24H,11H2,1H3. The van der Waals surface area contributed by atoms with Gasteiger partial charge in [-0.15, -0.1) is 5.10 Å². The monoisotopic (exact) mass is 333 g/mol. The average molecular weight is 333 g/mol. The van der Waals surface area contributed by atoms with Crippen LogP contribution in [0.1, 0.15) is 11.4 Å². The highest BCUT2D eigenvalue weighted by Gasteiger charge is 2.16. The lowest BCUT2D eigenvalue weighted by atomic mass is 10.2. The van der Waals surface area contributed by atoms with Crippen LogP contribution >= 0.6 is 0 Å². The second kappa shape index (κ2) is 6.20. The van der Waals surface area contributed by atoms with Gasteiger partial charge in [-0.2, -0.15) is 4.98 Å². The summed E-state index contributed by atoms with van der Waals surface area (Å²) >= 11 is 0. The number of phenolic OH excluding ortho intramolecular Hbond substituents is 1. The molecule has 7 nitrogen and oxygen atoms in total. The zero-order chi connectivity index (χ0) is 17.2. The van der Waals surface area contributed by atoms with Crippen LogP contribution in [0.3, 0.4) is 0 Å². The van der Waals surface area contributed by atoms with Gasteiger partial charge in [0.05, 0.1) is 6.54 Å². The SMILES string of the molecule is Cc1nc(-c2nc(-c3ccc(O)cc3)no2)nn1Cc1ccccc1. The molecule has 1 N–H and O–H groups in total. The van der Waals surface area contributed by atoms with Gasteiger partial charge in [-0.1, -0.05) is 35.5 Å². The van der Waals surface area contributed by atoms with Crippen LogP contribution in [0.2, 0.25) is 0 Å². The van der Waals surface area contributed by atoms with Gasteiger partial charge in [0.15, 0.2) is 0 Å². The van der Waals surface area contributed by atoms with Crippen LogP contribution in [-0.2, 0) is 6.54 Å². The van der Waals surface area contributed by atoms with Gasteiger partial charge in [0.2, 0.25) is 11.6 Å². The number of aromatic nitrogens is 5. The average Bonchev–Trinajstić information content (AvgIpc) is 3.24. The Morgan fingerprint density at radius 1 is 0.960 bits per heavy atom. The van der Waals surface area contributed by atoms with Crippen molar-refractivity contribution in [3.8, 4) is 28.9 Å². The van der Waals surface area contributed by atoms with Crippen LogP contribution in [0, 0.1) is 6.92 Å². The molecule has 0 amide bonds. The Morgan fingerprint density at radius 3 is 2.48 bits per heavy atom. The van der Waals surface area contributed by atoms with E-state index in [1.165, 1.54) is 0 Å². The minimum Gasteiger partial charge on any atom is -0.508 e. The molecule has 0 bridgehead atoms. The van der Waals surface area contributed by atoms with E-state index in [4.69, 9.17) is 4.52 Å². The first-order valence-corrected chi connectivity index (χ1v) is 7.78. The highest BCUT2D eigenvalue weighted by Crippen LogP contribution is 2.22. The van der Waals surface area contributed by atoms with E-state index in [9.17, 15) is 5.11 Å². The molecule has 0 spiro atoms. The van der Waals surface area contributed by atoms with Crippen molar-refractivity contribution >= 4 is 0 Å². The lowest BCUT2D eigenvalue weighted by Crippen LogP contribution is -2.03. The molecule has 2 aromatic heterocycles. The fourth-order valence-electron chi connectivity index (χ4n) is 2.46. The van der Waals surface area contributed by atoms with E-state index in [1.54, 1.807) is 28.9 Å². The van der Waals surface area contributed by atoms with Crippen molar-refractivity contribution in [2.75, 3.05) is 0 Å². The summed E-state index contributed by atoms with van der Waals surface area (Å²) in [5, 5.41) is 17.8. The summed E-state index contributed by atoms with van der Waals surface area (Å²) in [6.45, 7) is 2.51. The van der Waals surface area contributed by atoms with Gasteiger partial charge in [-0.25, -0.2) is 9.67 Å². The zero-order valence-corrected chi connectivity index (χ0v) is 13.5. The first-order valence-electron chi connectivity index (χ1n) is 7.78. The molecule has 0 aliphatic carbocycles. The zero-order valence-electron chi connectivity index (χ0n) is 13.5. The molecule has 0 saturated heterocycles. The lowest BCUT2D eigenvalue weighted by Gasteiger charge is -2.02. The van der Waals surface area contributed by atoms with E-state index < -0.39 is 0 Å². The number of aryl methyl sites for hydroxylation is 1. The van der Waals surface area contributed by atoms with Crippen LogP contribution in [0.5, 0.6) is 5.75 Å². The molecular formula is C18H15N5O2. The van der Waals surface area contributed by atoms with Crippen LogP contribution in [0.25, 0.3) is 23.1 Å². The van der Waals surface area contributed by atoms with Crippen molar-refractivity contribution in [2.24, 2.45) is 0 Å². The predicted molar refractivity (Wildman–Crippen MR) is 90.7 cm³/mol. The quantitative estimate of drug-likeness (QED) is 0.617. The van der Waals surface area contributed by atoms with Gasteiger partial charge in [0.25, 0.3) is 5.89 Å². The third-order valence-electron chi connectivity index (χ3n) is 3.77. The molecular weight excluding hydrogens is 318 g/mol. The Labute approximate surface area is 143 Å². The molecule has 0 fully saturated rings. The summed E-state index contributed by atoms with van der Waals surface area (Å²) < 4.78 is 7.09. The van der Waals surface area contributed by atoms with Gasteiger partial charge in [-0.05, 0) is 36.8 Å². The second-order valence-electron chi connectivity index (χ2n) is 5.60. The van der Waals surface area contributed by atoms with E-state index in [1.807, 2.05) is 37.3 Å². The van der Waals surface area contributed by atoms with Crippen molar-refractivity contribution in [1.82, 2.24) is 24.9 Å². The first-order chi connectivity index (χ1) is 12.2. The third-order valence-corrected chi connectivity index (χ3v) is 3.77. The van der Waals surface area contributed by atoms with Gasteiger partial charge >= 0.3 is 0 Å². The Balaban J connectivity index is 1.60. The molecule has 0 unspecified atom stereocenters. The highest BCUT2D eigenvalue weighted by atomic mass is 16.5. The summed E-state index contributed by atoms with van der Waals surface area (Å²) in [6, 6.07) is 16.6. The van der Waals surface area contributed by atoms with E-state index in [-0.39, 0.29) is 11.6 Å². The molecule has 0 aliphatic rings. The van der Waals surface area contributed by atoms with Gasteiger partial charge in [0, 0.05) is 5.56 Å². The van der Waals surface area contributed by atoms with Crippen molar-refractivity contribution in [2.45, 2.75) is 13.5 Å². The smallest absolute Gasteiger partial charge is 0.297 e. The fourth-order valence-corrected chi connectivity index (χ4v) is 2.46. The van der Waals surface area contributed by atoms with Gasteiger partial charge in [0.1, 0.15) is 11.6 Å². The predicted octanol–water partition coefficient (Wildman–Crippen LogP) is 3.06. The Morgan fingerprint density at radius 2 is 1.72 bits per heavy atom. The fraction of sp³-hybridized carbons (Fsp3) is 0.111. The number of rotatable bonds is 4. The molecule has 4 aromatic rings. The first kappa shape index (κ1) is 15.1. The van der Waals surface area contributed by atoms with Crippen molar-refractivity contribution < 1.29 is 9.63 Å². The normalized spacial score (nSPS) is 10.9. The van der Waals surface area contributed by atoms with Crippen LogP contribution in [0.4, 0.5) is 0 Å². The highest BCUT2D eigenvalue weighted by molar-refractivity contribution is 5.57. The Hall–Kier alpha value is -3.48. The largest absolute Gasteiger partial charge is 0.508 e. The Kier molecular flexibility index (Phi) is 3.74. The summed E-state index contributed by atoms with van der Waals surface area (Å²) in [7, 11) is 0. The van der Waals surface area contributed by atoms with E-state index in [0.717, 1.165) is 17.0 Å². The molecule has 124 valence electrons. The maximum Gasteiger partial charge on any atom is 0.297 e. The number of phenols is 1. The number of nitrogens with zero attached hydrogens (tertiary/aromatic N) is 5. The molecule has 2 heterocycles. The van der Waals surface area contributed by atoms with Gasteiger partial charge < -0.3 is 9.63 Å². The lowest BCUT2D eigenvalue weighted by molar-refractivity contribution is 0.429. The molecule has 0 atom stereocenters. The maximum atomic E-state index is 9.35. The molecule has 25 heavy (non-hydrogen) atoms. The van der Waals surface area contributed by atoms with Crippen molar-refractivity contribution in [3.05, 3.63) is 66.0 Å². The minimum atomic E-state index is 0.185. The van der Waals surface area contributed by atoms with Crippen LogP contribution < -0.4 is 0 Å². The molecule has 4 rings (SSSR count). The number of benzene rings is 2. The van der Waals surface area contributed by atoms with Crippen molar-refractivity contribution in [1.29, 1.82) is 0 Å². The second-order valence-corrected chi connectivity index (χ2v) is 5.60. The van der Waals surface area contributed by atoms with Crippen LogP contribution in [-0.4, -0.2) is 30.0 Å². The number of aromatic hydroxyl groups is 1. The summed E-state index contributed by atoms with van der Waals surface area (Å²) in [6.07, 6.45) is 0. The minimum absolute atomic E-state index is 0.185. The van der Waals surface area contributed by atoms with E-state index in [2.05, 4.69) is 20.2 Å². The molecule has 7 heteroatoms. The van der Waals surface area contributed by atoms with E-state index in [0.29, 0.717) is 18.2 Å². The molecule has 0 saturated carbocycles. The van der Waals surface area contributed by atoms with Crippen molar-refractivity contribution in [3.63, 3.8) is 0 Å². The third kappa shape index (κ3) is 3.12. The number of hydrogen-bond acceptors (Lipinski definition) is 6. The van der Waals surface area contributed by atoms with Gasteiger partial charge in [-0.3, -0.25) is 0 Å². The summed E-state index contributed by atoms with van der Waals surface area (Å²) in [5.74, 6) is 2.03. The maximum absolute atomic E-state index is 9.35. The summed E-state index contributed by atoms with van der Waals surface area (Å²) in [4.78, 5) is 8.76. The molecule has 0 aliphatic heterocycles. The number of hydrogen-bond donors (Lipinski definition) is 1. The van der Waals surface area contributed by atoms with E-state index >= 15 is 0 Å². The molecule has 0 radical (unpaired) electrons. The summed E-state index contributed by atoms with van der Waals surface area (Å²) in [5.41, 5.74) is 1.88. The van der Waals surface area contributed by atoms with Crippen LogP contribution in [0.15, 0.2) is 59.1 Å². The Bertz CT molecular complexity index is 990.